The second-order valence-electron chi connectivity index (χ2n) is 6.19. The Hall–Kier alpha value is -1.82. The van der Waals surface area contributed by atoms with Crippen LogP contribution in [0.15, 0.2) is 18.2 Å². The van der Waals surface area contributed by atoms with Crippen LogP contribution in [0.2, 0.25) is 0 Å². The molecule has 1 saturated carbocycles. The molecule has 1 aliphatic carbocycles. The summed E-state index contributed by atoms with van der Waals surface area (Å²) >= 11 is 0. The van der Waals surface area contributed by atoms with Crippen LogP contribution in [0, 0.1) is 5.82 Å². The van der Waals surface area contributed by atoms with E-state index in [2.05, 4.69) is 15.5 Å². The van der Waals surface area contributed by atoms with Gasteiger partial charge >= 0.3 is 6.03 Å². The van der Waals surface area contributed by atoms with Gasteiger partial charge in [-0.15, -0.1) is 0 Å². The maximum atomic E-state index is 13.6. The van der Waals surface area contributed by atoms with Gasteiger partial charge in [0.1, 0.15) is 5.82 Å². The molecule has 0 unspecified atom stereocenters. The van der Waals surface area contributed by atoms with Gasteiger partial charge in [0.25, 0.3) is 0 Å². The number of ether oxygens (including phenoxy) is 1. The largest absolute Gasteiger partial charge is 0.378 e. The number of morpholine rings is 1. The van der Waals surface area contributed by atoms with E-state index < -0.39 is 0 Å². The van der Waals surface area contributed by atoms with E-state index in [0.717, 1.165) is 44.5 Å². The van der Waals surface area contributed by atoms with Crippen molar-refractivity contribution in [2.45, 2.75) is 38.1 Å². The lowest BCUT2D eigenvalue weighted by molar-refractivity contribution is 0.123. The number of rotatable bonds is 3. The molecule has 1 saturated heterocycles. The minimum absolute atomic E-state index is 0.226. The molecule has 1 aliphatic heterocycles. The zero-order valence-electron chi connectivity index (χ0n) is 13.3. The lowest BCUT2D eigenvalue weighted by atomic mass is 9.96. The van der Waals surface area contributed by atoms with Crippen LogP contribution in [0.1, 0.15) is 32.1 Å². The average Bonchev–Trinajstić information content (AvgIpc) is 2.56. The van der Waals surface area contributed by atoms with Crippen LogP contribution in [-0.4, -0.2) is 38.4 Å². The third-order valence-corrected chi connectivity index (χ3v) is 4.50. The average molecular weight is 321 g/mol. The molecule has 0 aromatic heterocycles. The number of nitrogens with one attached hydrogen (secondary N) is 2. The Bertz CT molecular complexity index is 541. The summed E-state index contributed by atoms with van der Waals surface area (Å²) in [6.07, 6.45) is 5.60. The number of hydrogen-bond donors (Lipinski definition) is 2. The van der Waals surface area contributed by atoms with Crippen molar-refractivity contribution in [2.24, 2.45) is 0 Å². The van der Waals surface area contributed by atoms with Crippen molar-refractivity contribution >= 4 is 17.4 Å². The maximum absolute atomic E-state index is 13.6. The summed E-state index contributed by atoms with van der Waals surface area (Å²) in [6, 6.07) is 4.50. The highest BCUT2D eigenvalue weighted by atomic mass is 19.1. The molecular weight excluding hydrogens is 297 g/mol. The molecule has 2 aliphatic rings. The van der Waals surface area contributed by atoms with Crippen LogP contribution in [0.25, 0.3) is 0 Å². The van der Waals surface area contributed by atoms with E-state index in [-0.39, 0.29) is 17.9 Å². The molecule has 3 rings (SSSR count). The van der Waals surface area contributed by atoms with Crippen LogP contribution in [0.5, 0.6) is 0 Å². The molecule has 2 amide bonds. The van der Waals surface area contributed by atoms with Gasteiger partial charge in [0.2, 0.25) is 0 Å². The van der Waals surface area contributed by atoms with Crippen molar-refractivity contribution in [1.29, 1.82) is 0 Å². The molecule has 1 heterocycles. The predicted molar refractivity (Wildman–Crippen MR) is 88.5 cm³/mol. The molecule has 23 heavy (non-hydrogen) atoms. The fraction of sp³-hybridized carbons (Fsp3) is 0.588. The highest BCUT2D eigenvalue weighted by Crippen LogP contribution is 2.28. The summed E-state index contributed by atoms with van der Waals surface area (Å²) in [7, 11) is 0. The Morgan fingerprint density at radius 2 is 1.91 bits per heavy atom. The molecule has 2 fully saturated rings. The summed E-state index contributed by atoms with van der Waals surface area (Å²) < 4.78 is 19.0. The van der Waals surface area contributed by atoms with Crippen LogP contribution in [0.4, 0.5) is 20.6 Å². The van der Waals surface area contributed by atoms with E-state index in [1.807, 2.05) is 0 Å². The summed E-state index contributed by atoms with van der Waals surface area (Å²) in [6.45, 7) is 2.77. The van der Waals surface area contributed by atoms with Gasteiger partial charge in [0, 0.05) is 19.1 Å². The van der Waals surface area contributed by atoms with Crippen molar-refractivity contribution < 1.29 is 13.9 Å². The number of urea groups is 1. The zero-order valence-corrected chi connectivity index (χ0v) is 13.3. The van der Waals surface area contributed by atoms with Crippen molar-refractivity contribution in [2.75, 3.05) is 36.5 Å². The molecule has 0 radical (unpaired) electrons. The number of nitrogens with zero attached hydrogens (tertiary/aromatic N) is 1. The summed E-state index contributed by atoms with van der Waals surface area (Å²) in [4.78, 5) is 14.3. The summed E-state index contributed by atoms with van der Waals surface area (Å²) in [5, 5.41) is 5.82. The van der Waals surface area contributed by atoms with E-state index in [1.165, 1.54) is 18.6 Å². The predicted octanol–water partition coefficient (Wildman–Crippen LogP) is 3.12. The normalized spacial score (nSPS) is 19.4. The summed E-state index contributed by atoms with van der Waals surface area (Å²) in [5.41, 5.74) is 1.36. The molecule has 1 aromatic carbocycles. The molecular formula is C17H24FN3O2. The van der Waals surface area contributed by atoms with Gasteiger partial charge in [-0.2, -0.15) is 0 Å². The van der Waals surface area contributed by atoms with E-state index in [9.17, 15) is 9.18 Å². The fourth-order valence-corrected chi connectivity index (χ4v) is 3.28. The molecule has 5 nitrogen and oxygen atoms in total. The van der Waals surface area contributed by atoms with Crippen molar-refractivity contribution in [3.8, 4) is 0 Å². The Morgan fingerprint density at radius 3 is 2.65 bits per heavy atom. The van der Waals surface area contributed by atoms with Crippen LogP contribution in [-0.2, 0) is 4.74 Å². The minimum atomic E-state index is -0.352. The molecule has 1 aromatic rings. The lowest BCUT2D eigenvalue weighted by Crippen LogP contribution is -2.40. The number of anilines is 2. The lowest BCUT2D eigenvalue weighted by Gasteiger charge is -2.31. The minimum Gasteiger partial charge on any atom is -0.378 e. The first-order valence-corrected chi connectivity index (χ1v) is 8.42. The zero-order chi connectivity index (χ0) is 16.1. The standard InChI is InChI=1S/C17H24FN3O2/c18-13-6-7-16(21-8-10-23-11-9-21)15(12-13)20-17(22)19-14-4-2-1-3-5-14/h6-7,12,14H,1-5,8-11H2,(H2,19,20,22). The van der Waals surface area contributed by atoms with Gasteiger partial charge in [-0.25, -0.2) is 9.18 Å². The molecule has 6 heteroatoms. The highest BCUT2D eigenvalue weighted by Gasteiger charge is 2.19. The van der Waals surface area contributed by atoms with Gasteiger partial charge in [-0.1, -0.05) is 19.3 Å². The van der Waals surface area contributed by atoms with Gasteiger partial charge in [0.05, 0.1) is 24.6 Å². The van der Waals surface area contributed by atoms with Gasteiger partial charge in [0.15, 0.2) is 0 Å². The third kappa shape index (κ3) is 4.34. The smallest absolute Gasteiger partial charge is 0.319 e. The van der Waals surface area contributed by atoms with Crippen LogP contribution in [0.3, 0.4) is 0 Å². The quantitative estimate of drug-likeness (QED) is 0.899. The SMILES string of the molecule is O=C(Nc1cc(F)ccc1N1CCOCC1)NC1CCCCC1. The molecule has 0 spiro atoms. The van der Waals surface area contributed by atoms with Crippen molar-refractivity contribution in [3.05, 3.63) is 24.0 Å². The Kier molecular flexibility index (Phi) is 5.33. The van der Waals surface area contributed by atoms with E-state index in [0.29, 0.717) is 18.9 Å². The first kappa shape index (κ1) is 16.1. The number of carbonyl (C=O) groups excluding carboxylic acids is 1. The van der Waals surface area contributed by atoms with E-state index >= 15 is 0 Å². The number of halogens is 1. The molecule has 126 valence electrons. The Morgan fingerprint density at radius 1 is 1.17 bits per heavy atom. The van der Waals surface area contributed by atoms with E-state index in [4.69, 9.17) is 4.74 Å². The highest BCUT2D eigenvalue weighted by molar-refractivity contribution is 5.93. The molecule has 2 N–H and O–H groups in total. The first-order chi connectivity index (χ1) is 11.2. The molecule has 0 atom stereocenters. The van der Waals surface area contributed by atoms with E-state index in [1.54, 1.807) is 6.07 Å². The topological polar surface area (TPSA) is 53.6 Å². The number of hydrogen-bond acceptors (Lipinski definition) is 3. The number of benzene rings is 1. The second kappa shape index (κ2) is 7.64. The third-order valence-electron chi connectivity index (χ3n) is 4.50. The van der Waals surface area contributed by atoms with Gasteiger partial charge in [-0.05, 0) is 31.0 Å². The second-order valence-corrected chi connectivity index (χ2v) is 6.19. The number of amides is 2. The Balaban J connectivity index is 1.67. The van der Waals surface area contributed by atoms with Crippen molar-refractivity contribution in [3.63, 3.8) is 0 Å². The first-order valence-electron chi connectivity index (χ1n) is 8.42. The van der Waals surface area contributed by atoms with Crippen LogP contribution >= 0.6 is 0 Å². The molecule has 0 bridgehead atoms. The van der Waals surface area contributed by atoms with Gasteiger partial charge < -0.3 is 20.3 Å². The van der Waals surface area contributed by atoms with Crippen molar-refractivity contribution in [1.82, 2.24) is 5.32 Å². The number of carbonyl (C=O) groups is 1. The summed E-state index contributed by atoms with van der Waals surface area (Å²) in [5.74, 6) is -0.352. The Labute approximate surface area is 136 Å². The fourth-order valence-electron chi connectivity index (χ4n) is 3.28. The van der Waals surface area contributed by atoms with Crippen LogP contribution < -0.4 is 15.5 Å². The maximum Gasteiger partial charge on any atom is 0.319 e. The monoisotopic (exact) mass is 321 g/mol. The van der Waals surface area contributed by atoms with Gasteiger partial charge in [-0.3, -0.25) is 0 Å².